The second-order valence-electron chi connectivity index (χ2n) is 4.61. The van der Waals surface area contributed by atoms with Gasteiger partial charge in [0.15, 0.2) is 0 Å². The monoisotopic (exact) mass is 313 g/mol. The Hall–Kier alpha value is -2.48. The van der Waals surface area contributed by atoms with Crippen LogP contribution in [0.1, 0.15) is 17.2 Å². The fourth-order valence-electron chi connectivity index (χ4n) is 1.90. The first-order chi connectivity index (χ1) is 10.7. The summed E-state index contributed by atoms with van der Waals surface area (Å²) in [6, 6.07) is 16.3. The summed E-state index contributed by atoms with van der Waals surface area (Å²) in [5.41, 5.74) is 4.48. The average molecular weight is 314 g/mol. The van der Waals surface area contributed by atoms with Crippen LogP contribution in [0.5, 0.6) is 0 Å². The first-order valence-electron chi connectivity index (χ1n) is 6.77. The van der Waals surface area contributed by atoms with Gasteiger partial charge in [0.05, 0.1) is 6.04 Å². The minimum atomic E-state index is -0.504. The molecule has 1 atom stereocenters. The number of carbonyl (C=O) groups excluding carboxylic acids is 1. The summed E-state index contributed by atoms with van der Waals surface area (Å²) in [6.45, 7) is 3.77. The topological polar surface area (TPSA) is 38.3 Å². The Morgan fingerprint density at radius 1 is 1.23 bits per heavy atom. The van der Waals surface area contributed by atoms with Gasteiger partial charge >= 0.3 is 6.09 Å². The molecule has 0 saturated carbocycles. The summed E-state index contributed by atoms with van der Waals surface area (Å²) in [6.07, 6.45) is 1.16. The first-order valence-corrected chi connectivity index (χ1v) is 7.15. The molecule has 4 heteroatoms. The van der Waals surface area contributed by atoms with Crippen molar-refractivity contribution in [3.63, 3.8) is 0 Å². The van der Waals surface area contributed by atoms with Gasteiger partial charge in [0.25, 0.3) is 0 Å². The van der Waals surface area contributed by atoms with Crippen LogP contribution in [0.2, 0.25) is 5.02 Å². The van der Waals surface area contributed by atoms with Crippen LogP contribution >= 0.6 is 11.6 Å². The molecule has 0 heterocycles. The molecule has 3 nitrogen and oxygen atoms in total. The van der Waals surface area contributed by atoms with E-state index >= 15 is 0 Å². The van der Waals surface area contributed by atoms with Crippen LogP contribution in [0.3, 0.4) is 0 Å². The molecule has 0 aromatic heterocycles. The van der Waals surface area contributed by atoms with Gasteiger partial charge in [-0.05, 0) is 29.3 Å². The van der Waals surface area contributed by atoms with Gasteiger partial charge in [0.1, 0.15) is 6.61 Å². The van der Waals surface area contributed by atoms with E-state index in [0.717, 1.165) is 11.1 Å². The van der Waals surface area contributed by atoms with E-state index in [0.29, 0.717) is 5.02 Å². The SMILES string of the molecule is C=C=CC(NC(=O)OCc1ccccc1)c1ccc(Cl)cc1. The summed E-state index contributed by atoms with van der Waals surface area (Å²) in [4.78, 5) is 11.9. The predicted octanol–water partition coefficient (Wildman–Crippen LogP) is 4.65. The minimum Gasteiger partial charge on any atom is -0.445 e. The molecule has 2 aromatic rings. The molecule has 0 spiro atoms. The third-order valence-corrected chi connectivity index (χ3v) is 3.25. The van der Waals surface area contributed by atoms with Gasteiger partial charge in [0, 0.05) is 5.02 Å². The largest absolute Gasteiger partial charge is 0.445 e. The molecule has 2 rings (SSSR count). The van der Waals surface area contributed by atoms with Crippen molar-refractivity contribution in [3.8, 4) is 0 Å². The van der Waals surface area contributed by atoms with E-state index in [1.54, 1.807) is 18.2 Å². The lowest BCUT2D eigenvalue weighted by Crippen LogP contribution is -2.27. The highest BCUT2D eigenvalue weighted by atomic mass is 35.5. The second-order valence-corrected chi connectivity index (χ2v) is 5.04. The molecular weight excluding hydrogens is 298 g/mol. The number of nitrogens with one attached hydrogen (secondary N) is 1. The Morgan fingerprint density at radius 2 is 1.91 bits per heavy atom. The van der Waals surface area contributed by atoms with Crippen molar-refractivity contribution in [1.82, 2.24) is 5.32 Å². The van der Waals surface area contributed by atoms with E-state index in [9.17, 15) is 4.79 Å². The summed E-state index contributed by atoms with van der Waals surface area (Å²) in [5, 5.41) is 3.40. The zero-order chi connectivity index (χ0) is 15.8. The number of halogens is 1. The number of benzene rings is 2. The lowest BCUT2D eigenvalue weighted by molar-refractivity contribution is 0.137. The molecule has 1 unspecified atom stereocenters. The number of alkyl carbamates (subject to hydrolysis) is 1. The van der Waals surface area contributed by atoms with Gasteiger partial charge in [-0.15, -0.1) is 5.73 Å². The van der Waals surface area contributed by atoms with Gasteiger partial charge in [-0.2, -0.15) is 0 Å². The van der Waals surface area contributed by atoms with Crippen molar-refractivity contribution < 1.29 is 9.53 Å². The first kappa shape index (κ1) is 15.9. The minimum absolute atomic E-state index is 0.220. The number of amides is 1. The molecule has 0 aliphatic heterocycles. The lowest BCUT2D eigenvalue weighted by atomic mass is 10.1. The Kier molecular flexibility index (Phi) is 5.84. The fraction of sp³-hybridized carbons (Fsp3) is 0.111. The molecule has 1 amide bonds. The van der Waals surface area contributed by atoms with E-state index in [4.69, 9.17) is 16.3 Å². The molecule has 0 aliphatic carbocycles. The lowest BCUT2D eigenvalue weighted by Gasteiger charge is -2.15. The van der Waals surface area contributed by atoms with Crippen LogP contribution in [0.15, 0.2) is 73.0 Å². The van der Waals surface area contributed by atoms with Crippen LogP contribution in [0.25, 0.3) is 0 Å². The second kappa shape index (κ2) is 8.08. The van der Waals surface area contributed by atoms with Gasteiger partial charge < -0.3 is 10.1 Å². The Labute approximate surface area is 134 Å². The fourth-order valence-corrected chi connectivity index (χ4v) is 2.03. The number of ether oxygens (including phenoxy) is 1. The number of hydrogen-bond acceptors (Lipinski definition) is 2. The van der Waals surface area contributed by atoms with Crippen molar-refractivity contribution >= 4 is 17.7 Å². The zero-order valence-electron chi connectivity index (χ0n) is 12.0. The number of rotatable bonds is 5. The van der Waals surface area contributed by atoms with Crippen LogP contribution in [0.4, 0.5) is 4.79 Å². The molecule has 1 N–H and O–H groups in total. The summed E-state index contributed by atoms with van der Waals surface area (Å²) in [7, 11) is 0. The van der Waals surface area contributed by atoms with Gasteiger partial charge in [-0.3, -0.25) is 0 Å². The van der Waals surface area contributed by atoms with Crippen molar-refractivity contribution in [2.45, 2.75) is 12.6 Å². The molecule has 0 aliphatic rings. The molecule has 0 fully saturated rings. The van der Waals surface area contributed by atoms with Crippen LogP contribution in [-0.4, -0.2) is 6.09 Å². The highest BCUT2D eigenvalue weighted by Gasteiger charge is 2.12. The maximum absolute atomic E-state index is 11.9. The average Bonchev–Trinajstić information content (AvgIpc) is 2.54. The number of hydrogen-bond donors (Lipinski definition) is 1. The smallest absolute Gasteiger partial charge is 0.408 e. The summed E-state index contributed by atoms with van der Waals surface area (Å²) >= 11 is 5.87. The van der Waals surface area contributed by atoms with E-state index < -0.39 is 6.09 Å². The van der Waals surface area contributed by atoms with Gasteiger partial charge in [-0.25, -0.2) is 4.79 Å². The predicted molar refractivity (Wildman–Crippen MR) is 87.7 cm³/mol. The molecule has 0 radical (unpaired) electrons. The third-order valence-electron chi connectivity index (χ3n) is 3.00. The Morgan fingerprint density at radius 3 is 2.55 bits per heavy atom. The standard InChI is InChI=1S/C18H16ClNO2/c1-2-6-17(15-9-11-16(19)12-10-15)20-18(21)22-13-14-7-4-3-5-8-14/h3-12,17H,1,13H2,(H,20,21). The molecular formula is C18H16ClNO2. The molecule has 22 heavy (non-hydrogen) atoms. The molecule has 2 aromatic carbocycles. The normalized spacial score (nSPS) is 11.1. The third kappa shape index (κ3) is 4.81. The maximum atomic E-state index is 11.9. The molecule has 0 bridgehead atoms. The van der Waals surface area contributed by atoms with Crippen molar-refractivity contribution in [3.05, 3.63) is 89.1 Å². The summed E-state index contributed by atoms with van der Waals surface area (Å²) < 4.78 is 5.21. The van der Waals surface area contributed by atoms with Crippen LogP contribution in [-0.2, 0) is 11.3 Å². The van der Waals surface area contributed by atoms with E-state index in [-0.39, 0.29) is 12.6 Å². The summed E-state index contributed by atoms with van der Waals surface area (Å²) in [5.74, 6) is 0. The quantitative estimate of drug-likeness (QED) is 0.816. The van der Waals surface area contributed by atoms with Gasteiger partial charge in [0.2, 0.25) is 0 Å². The van der Waals surface area contributed by atoms with E-state index in [1.165, 1.54) is 0 Å². The van der Waals surface area contributed by atoms with Crippen molar-refractivity contribution in [2.24, 2.45) is 0 Å². The van der Waals surface area contributed by atoms with Crippen molar-refractivity contribution in [1.29, 1.82) is 0 Å². The van der Waals surface area contributed by atoms with Gasteiger partial charge in [-0.1, -0.05) is 60.6 Å². The van der Waals surface area contributed by atoms with Crippen LogP contribution in [0, 0.1) is 0 Å². The highest BCUT2D eigenvalue weighted by Crippen LogP contribution is 2.17. The molecule has 112 valence electrons. The Bertz CT molecular complexity index is 661. The van der Waals surface area contributed by atoms with Crippen LogP contribution < -0.4 is 5.32 Å². The number of carbonyl (C=O) groups is 1. The molecule has 0 saturated heterocycles. The highest BCUT2D eigenvalue weighted by molar-refractivity contribution is 6.30. The Balaban J connectivity index is 1.97. The zero-order valence-corrected chi connectivity index (χ0v) is 12.7. The maximum Gasteiger partial charge on any atom is 0.408 e. The van der Waals surface area contributed by atoms with Crippen molar-refractivity contribution in [2.75, 3.05) is 0 Å². The van der Waals surface area contributed by atoms with E-state index in [2.05, 4.69) is 17.6 Å². The van der Waals surface area contributed by atoms with E-state index in [1.807, 2.05) is 42.5 Å².